The number of likely N-dealkylation sites (tertiary alicyclic amines) is 1. The van der Waals surface area contributed by atoms with Gasteiger partial charge in [-0.3, -0.25) is 19.4 Å². The number of benzene rings is 1. The van der Waals surface area contributed by atoms with Gasteiger partial charge in [-0.25, -0.2) is 4.39 Å². The average molecular weight is 447 g/mol. The molecule has 2 fully saturated rings. The van der Waals surface area contributed by atoms with E-state index in [-0.39, 0.29) is 29.6 Å². The molecule has 2 saturated heterocycles. The van der Waals surface area contributed by atoms with Gasteiger partial charge >= 0.3 is 0 Å². The van der Waals surface area contributed by atoms with E-state index in [1.807, 2.05) is 18.7 Å². The molecule has 178 valence electrons. The molecule has 3 atom stereocenters. The standard InChI is InChI=1S/C25H39FN4O2/c1-18(2)25(21-5-7-22(26)8-6-21)27-23(31)16-28-9-11-29(12-10-28)17-24(32)30-14-19(3)13-20(4)15-30/h5-8,18-20,25H,9-17H2,1-4H3,(H,27,31)/t19-,20-,25+/m1/s1. The molecule has 2 aliphatic heterocycles. The molecule has 1 N–H and O–H groups in total. The van der Waals surface area contributed by atoms with Crippen LogP contribution in [0.5, 0.6) is 0 Å². The molecule has 2 heterocycles. The Morgan fingerprint density at radius 3 is 2.03 bits per heavy atom. The maximum Gasteiger partial charge on any atom is 0.236 e. The van der Waals surface area contributed by atoms with Gasteiger partial charge in [-0.1, -0.05) is 39.8 Å². The molecule has 2 aliphatic rings. The van der Waals surface area contributed by atoms with Crippen molar-refractivity contribution in [3.63, 3.8) is 0 Å². The molecule has 1 aromatic carbocycles. The van der Waals surface area contributed by atoms with Crippen LogP contribution in [0.1, 0.15) is 45.7 Å². The summed E-state index contributed by atoms with van der Waals surface area (Å²) in [6.45, 7) is 14.2. The number of piperazine rings is 1. The molecule has 0 spiro atoms. The van der Waals surface area contributed by atoms with Crippen LogP contribution in [0.15, 0.2) is 24.3 Å². The van der Waals surface area contributed by atoms with E-state index in [1.165, 1.54) is 18.6 Å². The van der Waals surface area contributed by atoms with E-state index in [4.69, 9.17) is 0 Å². The van der Waals surface area contributed by atoms with Crippen LogP contribution in [-0.4, -0.2) is 78.9 Å². The monoisotopic (exact) mass is 446 g/mol. The first-order valence-electron chi connectivity index (χ1n) is 12.0. The van der Waals surface area contributed by atoms with Crippen molar-refractivity contribution in [2.45, 2.75) is 40.2 Å². The number of piperidine rings is 1. The molecule has 1 aromatic rings. The molecular formula is C25H39FN4O2. The molecular weight excluding hydrogens is 407 g/mol. The van der Waals surface area contributed by atoms with Crippen molar-refractivity contribution in [3.8, 4) is 0 Å². The maximum atomic E-state index is 13.3. The van der Waals surface area contributed by atoms with Crippen LogP contribution in [0.2, 0.25) is 0 Å². The molecule has 6 nitrogen and oxygen atoms in total. The lowest BCUT2D eigenvalue weighted by Crippen LogP contribution is -2.53. The predicted octanol–water partition coefficient (Wildman–Crippen LogP) is 2.76. The maximum absolute atomic E-state index is 13.3. The Labute approximate surface area is 192 Å². The van der Waals surface area contributed by atoms with Crippen molar-refractivity contribution in [1.29, 1.82) is 0 Å². The Hall–Kier alpha value is -1.99. The molecule has 0 aliphatic carbocycles. The van der Waals surface area contributed by atoms with E-state index in [1.54, 1.807) is 12.1 Å². The van der Waals surface area contributed by atoms with Crippen molar-refractivity contribution in [2.75, 3.05) is 52.4 Å². The first-order valence-corrected chi connectivity index (χ1v) is 12.0. The highest BCUT2D eigenvalue weighted by Gasteiger charge is 2.28. The van der Waals surface area contributed by atoms with E-state index in [2.05, 4.69) is 29.0 Å². The second-order valence-electron chi connectivity index (χ2n) is 10.1. The average Bonchev–Trinajstić information content (AvgIpc) is 2.73. The zero-order valence-corrected chi connectivity index (χ0v) is 20.0. The van der Waals surface area contributed by atoms with Gasteiger partial charge in [0.05, 0.1) is 19.1 Å². The first kappa shape index (κ1) is 24.6. The fourth-order valence-electron chi connectivity index (χ4n) is 4.99. The van der Waals surface area contributed by atoms with Crippen molar-refractivity contribution in [1.82, 2.24) is 20.0 Å². The number of hydrogen-bond acceptors (Lipinski definition) is 4. The third-order valence-electron chi connectivity index (χ3n) is 6.62. The number of carbonyl (C=O) groups excluding carboxylic acids is 2. The van der Waals surface area contributed by atoms with Crippen molar-refractivity contribution < 1.29 is 14.0 Å². The summed E-state index contributed by atoms with van der Waals surface area (Å²) in [5.41, 5.74) is 0.916. The van der Waals surface area contributed by atoms with E-state index in [0.717, 1.165) is 44.8 Å². The number of rotatable bonds is 7. The largest absolute Gasteiger partial charge is 0.348 e. The predicted molar refractivity (Wildman–Crippen MR) is 125 cm³/mol. The highest BCUT2D eigenvalue weighted by molar-refractivity contribution is 5.79. The Morgan fingerprint density at radius 2 is 1.50 bits per heavy atom. The summed E-state index contributed by atoms with van der Waals surface area (Å²) in [5.74, 6) is 1.28. The summed E-state index contributed by atoms with van der Waals surface area (Å²) >= 11 is 0. The van der Waals surface area contributed by atoms with Crippen LogP contribution in [0.25, 0.3) is 0 Å². The fraction of sp³-hybridized carbons (Fsp3) is 0.680. The Morgan fingerprint density at radius 1 is 0.969 bits per heavy atom. The molecule has 0 unspecified atom stereocenters. The van der Waals surface area contributed by atoms with E-state index < -0.39 is 0 Å². The molecule has 0 saturated carbocycles. The Balaban J connectivity index is 1.43. The van der Waals surface area contributed by atoms with Gasteiger partial charge in [0.15, 0.2) is 0 Å². The van der Waals surface area contributed by atoms with Crippen LogP contribution in [0, 0.1) is 23.6 Å². The van der Waals surface area contributed by atoms with Crippen LogP contribution >= 0.6 is 0 Å². The fourth-order valence-corrected chi connectivity index (χ4v) is 4.99. The van der Waals surface area contributed by atoms with E-state index >= 15 is 0 Å². The molecule has 0 aromatic heterocycles. The number of nitrogens with zero attached hydrogens (tertiary/aromatic N) is 3. The summed E-state index contributed by atoms with van der Waals surface area (Å²) in [7, 11) is 0. The number of hydrogen-bond donors (Lipinski definition) is 1. The second-order valence-corrected chi connectivity index (χ2v) is 10.1. The minimum absolute atomic E-state index is 0.0196. The van der Waals surface area contributed by atoms with Crippen LogP contribution < -0.4 is 5.32 Å². The van der Waals surface area contributed by atoms with Gasteiger partial charge in [0.25, 0.3) is 0 Å². The van der Waals surface area contributed by atoms with Gasteiger partial charge in [0, 0.05) is 39.3 Å². The summed E-state index contributed by atoms with van der Waals surface area (Å²) in [6, 6.07) is 6.20. The van der Waals surface area contributed by atoms with Crippen molar-refractivity contribution in [2.24, 2.45) is 17.8 Å². The lowest BCUT2D eigenvalue weighted by Gasteiger charge is -2.38. The minimum atomic E-state index is -0.275. The van der Waals surface area contributed by atoms with Crippen LogP contribution in [0.3, 0.4) is 0 Å². The molecule has 3 rings (SSSR count). The topological polar surface area (TPSA) is 55.9 Å². The SMILES string of the molecule is CC(C)[C@H](NC(=O)CN1CCN(CC(=O)N2C[C@H](C)C[C@@H](C)C2)CC1)c1ccc(F)cc1. The lowest BCUT2D eigenvalue weighted by molar-refractivity contribution is -0.136. The summed E-state index contributed by atoms with van der Waals surface area (Å²) in [5, 5.41) is 3.12. The Kier molecular flexibility index (Phi) is 8.65. The van der Waals surface area contributed by atoms with Gasteiger partial charge in [0.2, 0.25) is 11.8 Å². The van der Waals surface area contributed by atoms with E-state index in [0.29, 0.717) is 24.9 Å². The quantitative estimate of drug-likeness (QED) is 0.700. The highest BCUT2D eigenvalue weighted by atomic mass is 19.1. The molecule has 0 bridgehead atoms. The molecule has 7 heteroatoms. The number of carbonyl (C=O) groups is 2. The van der Waals surface area contributed by atoms with E-state index in [9.17, 15) is 14.0 Å². The summed E-state index contributed by atoms with van der Waals surface area (Å²) in [4.78, 5) is 31.8. The third kappa shape index (κ3) is 7.01. The Bertz CT molecular complexity index is 752. The lowest BCUT2D eigenvalue weighted by atomic mass is 9.92. The molecule has 32 heavy (non-hydrogen) atoms. The van der Waals surface area contributed by atoms with Crippen LogP contribution in [0.4, 0.5) is 4.39 Å². The highest BCUT2D eigenvalue weighted by Crippen LogP contribution is 2.22. The number of nitrogens with one attached hydrogen (secondary N) is 1. The van der Waals surface area contributed by atoms with Gasteiger partial charge in [0.1, 0.15) is 5.82 Å². The molecule has 2 amide bonds. The smallest absolute Gasteiger partial charge is 0.236 e. The summed E-state index contributed by atoms with van der Waals surface area (Å²) < 4.78 is 13.3. The van der Waals surface area contributed by atoms with Gasteiger partial charge < -0.3 is 10.2 Å². The first-order chi connectivity index (χ1) is 15.2. The zero-order valence-electron chi connectivity index (χ0n) is 20.0. The number of amides is 2. The third-order valence-corrected chi connectivity index (χ3v) is 6.62. The second kappa shape index (κ2) is 11.2. The van der Waals surface area contributed by atoms with Crippen molar-refractivity contribution in [3.05, 3.63) is 35.6 Å². The molecule has 0 radical (unpaired) electrons. The number of halogens is 1. The minimum Gasteiger partial charge on any atom is -0.348 e. The van der Waals surface area contributed by atoms with Gasteiger partial charge in [-0.05, 0) is 41.9 Å². The zero-order chi connectivity index (χ0) is 23.3. The van der Waals surface area contributed by atoms with Gasteiger partial charge in [-0.2, -0.15) is 0 Å². The van der Waals surface area contributed by atoms with Crippen LogP contribution in [-0.2, 0) is 9.59 Å². The summed E-state index contributed by atoms with van der Waals surface area (Å²) in [6.07, 6.45) is 1.20. The van der Waals surface area contributed by atoms with Gasteiger partial charge in [-0.15, -0.1) is 0 Å². The van der Waals surface area contributed by atoms with Crippen molar-refractivity contribution >= 4 is 11.8 Å². The normalized spacial score (nSPS) is 23.9.